The largest absolute Gasteiger partial charge is 0.480 e. The summed E-state index contributed by atoms with van der Waals surface area (Å²) in [6, 6.07) is 9.41. The third kappa shape index (κ3) is 8.92. The van der Waals surface area contributed by atoms with Crippen LogP contribution in [0.1, 0.15) is 73.3 Å². The fraction of sp³-hybridized carbons (Fsp3) is 0.613. The summed E-state index contributed by atoms with van der Waals surface area (Å²) < 4.78 is 36.2. The standard InChI is InChI=1S/C31H46N3O9P/c1-8-40-44(39)20-19-33(21-23-13-9-10-14-24(23)25-15-17-32-43-25)22-31(44,26(35)36)16-11-12-18-34(27(37)41-29(2,3)4)28(38)42-30(5,6)7/h9-10,13-15,17H,8,11-12,16,18-22H2,1-7H3,(H,35,36). The number of carbonyl (C=O) groups is 3. The quantitative estimate of drug-likeness (QED) is 0.209. The van der Waals surface area contributed by atoms with Crippen molar-refractivity contribution in [1.29, 1.82) is 0 Å². The highest BCUT2D eigenvalue weighted by Gasteiger charge is 2.58. The predicted octanol–water partition coefficient (Wildman–Crippen LogP) is 6.64. The molecule has 244 valence electrons. The highest BCUT2D eigenvalue weighted by atomic mass is 31.2. The first-order valence-electron chi connectivity index (χ1n) is 14.9. The van der Waals surface area contributed by atoms with Gasteiger partial charge in [-0.25, -0.2) is 14.5 Å². The lowest BCUT2D eigenvalue weighted by Crippen LogP contribution is -2.54. The maximum absolute atomic E-state index is 14.2. The molecular formula is C31H46N3O9P. The van der Waals surface area contributed by atoms with Crippen molar-refractivity contribution in [3.63, 3.8) is 0 Å². The van der Waals surface area contributed by atoms with Crippen molar-refractivity contribution in [2.75, 3.05) is 32.4 Å². The Balaban J connectivity index is 1.81. The number of carbonyl (C=O) groups excluding carboxylic acids is 2. The summed E-state index contributed by atoms with van der Waals surface area (Å²) in [7, 11) is -3.64. The van der Waals surface area contributed by atoms with Gasteiger partial charge in [-0.05, 0) is 73.3 Å². The third-order valence-electron chi connectivity index (χ3n) is 7.15. The van der Waals surface area contributed by atoms with E-state index in [1.165, 1.54) is 0 Å². The molecule has 2 heterocycles. The number of rotatable bonds is 11. The molecular weight excluding hydrogens is 589 g/mol. The number of carboxylic acid groups (broad SMARTS) is 1. The number of aromatic nitrogens is 1. The van der Waals surface area contributed by atoms with Gasteiger partial charge >= 0.3 is 18.2 Å². The Morgan fingerprint density at radius 2 is 1.68 bits per heavy atom. The van der Waals surface area contributed by atoms with Gasteiger partial charge in [-0.15, -0.1) is 0 Å². The number of unbranched alkanes of at least 4 members (excludes halogenated alkanes) is 1. The van der Waals surface area contributed by atoms with Crippen molar-refractivity contribution in [3.8, 4) is 11.3 Å². The lowest BCUT2D eigenvalue weighted by atomic mass is 9.98. The van der Waals surface area contributed by atoms with E-state index in [1.54, 1.807) is 60.7 Å². The van der Waals surface area contributed by atoms with Crippen molar-refractivity contribution in [2.24, 2.45) is 0 Å². The van der Waals surface area contributed by atoms with Crippen molar-refractivity contribution < 1.29 is 42.6 Å². The Morgan fingerprint density at radius 3 is 2.23 bits per heavy atom. The summed E-state index contributed by atoms with van der Waals surface area (Å²) in [6.07, 6.45) is 0.466. The second-order valence-electron chi connectivity index (χ2n) is 13.0. The maximum atomic E-state index is 14.2. The summed E-state index contributed by atoms with van der Waals surface area (Å²) in [4.78, 5) is 41.7. The molecule has 0 aliphatic carbocycles. The Morgan fingerprint density at radius 1 is 1.05 bits per heavy atom. The van der Waals surface area contributed by atoms with E-state index in [1.807, 2.05) is 29.2 Å². The second kappa shape index (κ2) is 14.3. The van der Waals surface area contributed by atoms with Gasteiger partial charge in [0.25, 0.3) is 0 Å². The molecule has 0 bridgehead atoms. The second-order valence-corrected chi connectivity index (χ2v) is 15.9. The van der Waals surface area contributed by atoms with E-state index in [9.17, 15) is 24.1 Å². The first-order chi connectivity index (χ1) is 20.5. The number of benzene rings is 1. The first kappa shape index (κ1) is 35.3. The van der Waals surface area contributed by atoms with Crippen LogP contribution in [-0.4, -0.2) is 87.0 Å². The van der Waals surface area contributed by atoms with Crippen molar-refractivity contribution in [1.82, 2.24) is 15.0 Å². The maximum Gasteiger partial charge on any atom is 0.419 e. The van der Waals surface area contributed by atoms with Crippen molar-refractivity contribution >= 4 is 25.5 Å². The minimum absolute atomic E-state index is 0.00615. The molecule has 1 fully saturated rings. The fourth-order valence-electron chi connectivity index (χ4n) is 5.22. The molecule has 0 radical (unpaired) electrons. The molecule has 0 saturated carbocycles. The van der Waals surface area contributed by atoms with Gasteiger partial charge in [-0.2, -0.15) is 0 Å². The number of ether oxygens (including phenoxy) is 2. The molecule has 12 nitrogen and oxygen atoms in total. The third-order valence-corrected chi connectivity index (χ3v) is 10.5. The molecule has 3 rings (SSSR count). The molecule has 1 aromatic heterocycles. The molecule has 0 spiro atoms. The van der Waals surface area contributed by atoms with Gasteiger partial charge in [0.15, 0.2) is 10.9 Å². The van der Waals surface area contributed by atoms with E-state index >= 15 is 0 Å². The molecule has 1 aliphatic heterocycles. The molecule has 1 aliphatic rings. The molecule has 2 amide bonds. The number of aliphatic carboxylic acids is 1. The summed E-state index contributed by atoms with van der Waals surface area (Å²) in [5.74, 6) is -0.597. The molecule has 44 heavy (non-hydrogen) atoms. The number of hydrogen-bond acceptors (Lipinski definition) is 10. The molecule has 2 aromatic rings. The Kier molecular flexibility index (Phi) is 11.4. The molecule has 2 unspecified atom stereocenters. The topological polar surface area (TPSA) is 149 Å². The van der Waals surface area contributed by atoms with Gasteiger partial charge in [0.2, 0.25) is 7.37 Å². The predicted molar refractivity (Wildman–Crippen MR) is 165 cm³/mol. The van der Waals surface area contributed by atoms with Crippen LogP contribution in [0.2, 0.25) is 0 Å². The van der Waals surface area contributed by atoms with E-state index in [2.05, 4.69) is 5.16 Å². The summed E-state index contributed by atoms with van der Waals surface area (Å²) in [5.41, 5.74) is 0.0785. The Hall–Kier alpha value is -3.21. The molecule has 1 aromatic carbocycles. The van der Waals surface area contributed by atoms with Crippen LogP contribution in [-0.2, 0) is 29.9 Å². The summed E-state index contributed by atoms with van der Waals surface area (Å²) >= 11 is 0. The lowest BCUT2D eigenvalue weighted by molar-refractivity contribution is -0.141. The number of nitrogens with zero attached hydrogens (tertiary/aromatic N) is 3. The van der Waals surface area contributed by atoms with Crippen LogP contribution in [0.3, 0.4) is 0 Å². The smallest absolute Gasteiger partial charge is 0.419 e. The number of hydrogen-bond donors (Lipinski definition) is 1. The average Bonchev–Trinajstić information content (AvgIpc) is 3.43. The highest BCUT2D eigenvalue weighted by molar-refractivity contribution is 7.62. The van der Waals surface area contributed by atoms with Crippen LogP contribution in [0.25, 0.3) is 11.3 Å². The van der Waals surface area contributed by atoms with Gasteiger partial charge in [0, 0.05) is 44.0 Å². The summed E-state index contributed by atoms with van der Waals surface area (Å²) in [6.45, 7) is 12.7. The van der Waals surface area contributed by atoms with E-state index < -0.39 is 41.9 Å². The molecule has 1 N–H and O–H groups in total. The van der Waals surface area contributed by atoms with Gasteiger partial charge in [0.1, 0.15) is 11.2 Å². The van der Waals surface area contributed by atoms with Crippen molar-refractivity contribution in [2.45, 2.75) is 90.6 Å². The number of amides is 2. The monoisotopic (exact) mass is 635 g/mol. The number of imide groups is 1. The van der Waals surface area contributed by atoms with Gasteiger partial charge < -0.3 is 23.6 Å². The van der Waals surface area contributed by atoms with Crippen LogP contribution < -0.4 is 0 Å². The van der Waals surface area contributed by atoms with Gasteiger partial charge in [-0.3, -0.25) is 14.3 Å². The van der Waals surface area contributed by atoms with E-state index in [-0.39, 0.29) is 45.1 Å². The van der Waals surface area contributed by atoms with E-state index in [0.717, 1.165) is 16.0 Å². The minimum Gasteiger partial charge on any atom is -0.480 e. The number of carboxylic acids is 1. The zero-order valence-corrected chi connectivity index (χ0v) is 27.7. The van der Waals surface area contributed by atoms with E-state index in [4.69, 9.17) is 18.5 Å². The normalized spacial score (nSPS) is 21.1. The van der Waals surface area contributed by atoms with Crippen LogP contribution in [0.4, 0.5) is 9.59 Å². The summed E-state index contributed by atoms with van der Waals surface area (Å²) in [5, 5.41) is 12.7. The molecule has 13 heteroatoms. The van der Waals surface area contributed by atoms with Crippen LogP contribution >= 0.6 is 7.37 Å². The van der Waals surface area contributed by atoms with Crippen LogP contribution in [0.5, 0.6) is 0 Å². The fourth-order valence-corrected chi connectivity index (χ4v) is 8.19. The Labute approximate surface area is 259 Å². The van der Waals surface area contributed by atoms with Crippen molar-refractivity contribution in [3.05, 3.63) is 42.1 Å². The first-order valence-corrected chi connectivity index (χ1v) is 16.7. The minimum atomic E-state index is -3.64. The molecule has 2 atom stereocenters. The lowest BCUT2D eigenvalue weighted by Gasteiger charge is -2.45. The molecule has 1 saturated heterocycles. The SMILES string of the molecule is CCOP1(=O)CCN(Cc2ccccc2-c2ccno2)CC1(CCCCN(C(=O)OC(C)(C)C)C(=O)OC(C)(C)C)C(=O)O. The van der Waals surface area contributed by atoms with Gasteiger partial charge in [-0.1, -0.05) is 29.4 Å². The highest BCUT2D eigenvalue weighted by Crippen LogP contribution is 2.63. The average molecular weight is 636 g/mol. The van der Waals surface area contributed by atoms with Gasteiger partial charge in [0.05, 0.1) is 12.8 Å². The zero-order chi connectivity index (χ0) is 32.8. The van der Waals surface area contributed by atoms with E-state index in [0.29, 0.717) is 18.8 Å². The van der Waals surface area contributed by atoms with Crippen LogP contribution in [0, 0.1) is 0 Å². The van der Waals surface area contributed by atoms with Crippen LogP contribution in [0.15, 0.2) is 41.1 Å². The Bertz CT molecular complexity index is 1310. The zero-order valence-electron chi connectivity index (χ0n) is 26.8.